The zero-order valence-corrected chi connectivity index (χ0v) is 11.9. The van der Waals surface area contributed by atoms with Crippen LogP contribution in [0.3, 0.4) is 0 Å². The highest BCUT2D eigenvalue weighted by Gasteiger charge is 2.19. The second kappa shape index (κ2) is 6.91. The molecular formula is C14H20N2O2S. The molecule has 0 aliphatic heterocycles. The third-order valence-corrected chi connectivity index (χ3v) is 4.74. The first-order chi connectivity index (χ1) is 9.19. The summed E-state index contributed by atoms with van der Waals surface area (Å²) in [6.45, 7) is 0.649. The first-order valence-corrected chi connectivity index (χ1v) is 7.93. The van der Waals surface area contributed by atoms with Gasteiger partial charge in [0.1, 0.15) is 5.69 Å². The molecule has 2 N–H and O–H groups in total. The van der Waals surface area contributed by atoms with Gasteiger partial charge in [-0.1, -0.05) is 6.07 Å². The predicted octanol–water partition coefficient (Wildman–Crippen LogP) is 2.54. The minimum Gasteiger partial charge on any atom is -0.477 e. The van der Waals surface area contributed by atoms with Crippen LogP contribution in [0.25, 0.3) is 0 Å². The molecule has 1 heterocycles. The zero-order chi connectivity index (χ0) is 13.7. The van der Waals surface area contributed by atoms with Crippen molar-refractivity contribution < 1.29 is 9.90 Å². The van der Waals surface area contributed by atoms with Crippen LogP contribution in [0.4, 0.5) is 0 Å². The van der Waals surface area contributed by atoms with Gasteiger partial charge in [0.2, 0.25) is 0 Å². The lowest BCUT2D eigenvalue weighted by Gasteiger charge is -2.28. The van der Waals surface area contributed by atoms with Crippen LogP contribution < -0.4 is 5.32 Å². The average molecular weight is 280 g/mol. The maximum atomic E-state index is 10.8. The lowest BCUT2D eigenvalue weighted by Crippen LogP contribution is -2.33. The predicted molar refractivity (Wildman–Crippen MR) is 77.6 cm³/mol. The fraction of sp³-hybridized carbons (Fsp3) is 0.571. The highest BCUT2D eigenvalue weighted by Crippen LogP contribution is 2.26. The van der Waals surface area contributed by atoms with Gasteiger partial charge < -0.3 is 10.4 Å². The third kappa shape index (κ3) is 4.21. The molecule has 0 bridgehead atoms. The van der Waals surface area contributed by atoms with Gasteiger partial charge in [-0.15, -0.1) is 0 Å². The summed E-state index contributed by atoms with van der Waals surface area (Å²) in [5.74, 6) is -0.970. The maximum Gasteiger partial charge on any atom is 0.354 e. The number of carbonyl (C=O) groups is 1. The first-order valence-electron chi connectivity index (χ1n) is 6.64. The van der Waals surface area contributed by atoms with Gasteiger partial charge in [0.05, 0.1) is 5.69 Å². The van der Waals surface area contributed by atoms with Gasteiger partial charge in [-0.05, 0) is 44.1 Å². The van der Waals surface area contributed by atoms with Crippen LogP contribution in [0.5, 0.6) is 0 Å². The van der Waals surface area contributed by atoms with E-state index in [0.717, 1.165) is 10.9 Å². The van der Waals surface area contributed by atoms with Crippen LogP contribution in [-0.4, -0.2) is 33.6 Å². The Morgan fingerprint density at radius 2 is 2.16 bits per heavy atom. The van der Waals surface area contributed by atoms with Crippen LogP contribution in [0.2, 0.25) is 0 Å². The van der Waals surface area contributed by atoms with E-state index in [1.165, 1.54) is 31.7 Å². The molecule has 1 aromatic heterocycles. The number of nitrogens with one attached hydrogen (secondary N) is 1. The standard InChI is InChI=1S/C14H20N2O2S/c1-19-12-7-5-10(6-8-12)15-9-11-3-2-4-13(16-11)14(17)18/h2-4,10,12,15H,5-9H2,1H3,(H,17,18). The zero-order valence-electron chi connectivity index (χ0n) is 11.1. The molecule has 1 aromatic rings. The van der Waals surface area contributed by atoms with Crippen LogP contribution >= 0.6 is 11.8 Å². The number of thioether (sulfide) groups is 1. The molecule has 1 aliphatic rings. The van der Waals surface area contributed by atoms with Crippen molar-refractivity contribution in [2.75, 3.05) is 6.26 Å². The van der Waals surface area contributed by atoms with E-state index in [1.54, 1.807) is 6.07 Å². The molecule has 0 aromatic carbocycles. The topological polar surface area (TPSA) is 62.2 Å². The molecule has 0 atom stereocenters. The molecule has 4 nitrogen and oxygen atoms in total. The second-order valence-corrected chi connectivity index (χ2v) is 6.05. The normalized spacial score (nSPS) is 23.2. The molecule has 0 saturated heterocycles. The van der Waals surface area contributed by atoms with Gasteiger partial charge in [-0.25, -0.2) is 9.78 Å². The lowest BCUT2D eigenvalue weighted by atomic mass is 9.95. The van der Waals surface area contributed by atoms with Crippen molar-refractivity contribution in [2.45, 2.75) is 43.5 Å². The van der Waals surface area contributed by atoms with Gasteiger partial charge in [0.25, 0.3) is 0 Å². The summed E-state index contributed by atoms with van der Waals surface area (Å²) in [6.07, 6.45) is 7.11. The van der Waals surface area contributed by atoms with Crippen LogP contribution in [0, 0.1) is 0 Å². The minimum absolute atomic E-state index is 0.116. The Kier molecular flexibility index (Phi) is 5.22. The van der Waals surface area contributed by atoms with Crippen molar-refractivity contribution in [3.05, 3.63) is 29.6 Å². The number of hydrogen-bond donors (Lipinski definition) is 2. The van der Waals surface area contributed by atoms with Crippen molar-refractivity contribution in [2.24, 2.45) is 0 Å². The van der Waals surface area contributed by atoms with Crippen molar-refractivity contribution in [1.29, 1.82) is 0 Å². The minimum atomic E-state index is -0.970. The highest BCUT2D eigenvalue weighted by molar-refractivity contribution is 7.99. The van der Waals surface area contributed by atoms with Gasteiger partial charge in [-0.2, -0.15) is 11.8 Å². The number of carboxylic acid groups (broad SMARTS) is 1. The first kappa shape index (κ1) is 14.3. The third-order valence-electron chi connectivity index (χ3n) is 3.61. The van der Waals surface area contributed by atoms with Crippen LogP contribution in [-0.2, 0) is 6.54 Å². The molecule has 0 radical (unpaired) electrons. The van der Waals surface area contributed by atoms with Gasteiger partial charge in [-0.3, -0.25) is 0 Å². The van der Waals surface area contributed by atoms with E-state index < -0.39 is 5.97 Å². The fourth-order valence-corrected chi connectivity index (χ4v) is 3.19. The number of hydrogen-bond acceptors (Lipinski definition) is 4. The summed E-state index contributed by atoms with van der Waals surface area (Å²) in [5, 5.41) is 13.2. The average Bonchev–Trinajstić information content (AvgIpc) is 2.46. The quantitative estimate of drug-likeness (QED) is 0.868. The second-order valence-electron chi connectivity index (χ2n) is 4.91. The lowest BCUT2D eigenvalue weighted by molar-refractivity contribution is 0.0690. The molecule has 104 valence electrons. The monoisotopic (exact) mass is 280 g/mol. The van der Waals surface area contributed by atoms with E-state index in [4.69, 9.17) is 5.11 Å². The van der Waals surface area contributed by atoms with Gasteiger partial charge >= 0.3 is 5.97 Å². The SMILES string of the molecule is CSC1CCC(NCc2cccc(C(=O)O)n2)CC1. The molecule has 1 fully saturated rings. The summed E-state index contributed by atoms with van der Waals surface area (Å²) in [5.41, 5.74) is 0.914. The Bertz CT molecular complexity index is 431. The Morgan fingerprint density at radius 3 is 2.79 bits per heavy atom. The van der Waals surface area contributed by atoms with Crippen molar-refractivity contribution in [1.82, 2.24) is 10.3 Å². The summed E-state index contributed by atoms with van der Waals surface area (Å²) in [7, 11) is 0. The molecule has 0 unspecified atom stereocenters. The van der Waals surface area contributed by atoms with E-state index in [0.29, 0.717) is 12.6 Å². The largest absolute Gasteiger partial charge is 0.477 e. The Hall–Kier alpha value is -1.07. The molecule has 5 heteroatoms. The summed E-state index contributed by atoms with van der Waals surface area (Å²) in [4.78, 5) is 15.0. The van der Waals surface area contributed by atoms with E-state index in [-0.39, 0.29) is 5.69 Å². The number of nitrogens with zero attached hydrogens (tertiary/aromatic N) is 1. The number of rotatable bonds is 5. The highest BCUT2D eigenvalue weighted by atomic mass is 32.2. The molecule has 19 heavy (non-hydrogen) atoms. The molecular weight excluding hydrogens is 260 g/mol. The van der Waals surface area contributed by atoms with Crippen LogP contribution in [0.15, 0.2) is 18.2 Å². The van der Waals surface area contributed by atoms with Gasteiger partial charge in [0.15, 0.2) is 0 Å². The van der Waals surface area contributed by atoms with E-state index in [2.05, 4.69) is 16.6 Å². The smallest absolute Gasteiger partial charge is 0.354 e. The molecule has 1 saturated carbocycles. The molecule has 2 rings (SSSR count). The van der Waals surface area contributed by atoms with Crippen molar-refractivity contribution >= 4 is 17.7 Å². The van der Waals surface area contributed by atoms with Crippen molar-refractivity contribution in [3.8, 4) is 0 Å². The number of aromatic carboxylic acids is 1. The van der Waals surface area contributed by atoms with E-state index in [1.807, 2.05) is 17.8 Å². The van der Waals surface area contributed by atoms with Crippen LogP contribution in [0.1, 0.15) is 41.9 Å². The van der Waals surface area contributed by atoms with E-state index >= 15 is 0 Å². The summed E-state index contributed by atoms with van der Waals surface area (Å²) in [6, 6.07) is 5.68. The Morgan fingerprint density at radius 1 is 1.42 bits per heavy atom. The number of pyridine rings is 1. The number of carboxylic acids is 1. The molecule has 0 amide bonds. The summed E-state index contributed by atoms with van der Waals surface area (Å²) < 4.78 is 0. The van der Waals surface area contributed by atoms with Crippen molar-refractivity contribution in [3.63, 3.8) is 0 Å². The Labute approximate surface area is 118 Å². The van der Waals surface area contributed by atoms with Gasteiger partial charge in [0, 0.05) is 17.8 Å². The molecule has 0 spiro atoms. The maximum absolute atomic E-state index is 10.8. The molecule has 1 aliphatic carbocycles. The van der Waals surface area contributed by atoms with E-state index in [9.17, 15) is 4.79 Å². The Balaban J connectivity index is 1.82. The summed E-state index contributed by atoms with van der Waals surface area (Å²) >= 11 is 1.96. The number of aromatic nitrogens is 1. The fourth-order valence-electron chi connectivity index (χ4n) is 2.45.